The van der Waals surface area contributed by atoms with Crippen molar-refractivity contribution in [1.29, 1.82) is 0 Å². The zero-order valence-corrected chi connectivity index (χ0v) is 15.9. The van der Waals surface area contributed by atoms with Crippen LogP contribution in [0, 0.1) is 0 Å². The Bertz CT molecular complexity index is 629. The van der Waals surface area contributed by atoms with E-state index in [1.54, 1.807) is 42.0 Å². The Morgan fingerprint density at radius 3 is 2.48 bits per heavy atom. The fourth-order valence-corrected chi connectivity index (χ4v) is 3.12. The lowest BCUT2D eigenvalue weighted by molar-refractivity contribution is -0.143. The number of carbonyl (C=O) groups is 3. The Labute approximate surface area is 159 Å². The summed E-state index contributed by atoms with van der Waals surface area (Å²) in [6.45, 7) is 5.48. The van der Waals surface area contributed by atoms with Crippen molar-refractivity contribution in [3.8, 4) is 0 Å². The van der Waals surface area contributed by atoms with E-state index in [1.165, 1.54) is 6.20 Å². The van der Waals surface area contributed by atoms with Gasteiger partial charge in [-0.1, -0.05) is 0 Å². The highest BCUT2D eigenvalue weighted by Crippen LogP contribution is 2.20. The highest BCUT2D eigenvalue weighted by molar-refractivity contribution is 5.94. The molecule has 0 atom stereocenters. The van der Waals surface area contributed by atoms with Crippen LogP contribution in [-0.2, 0) is 14.3 Å². The number of pyridine rings is 1. The summed E-state index contributed by atoms with van der Waals surface area (Å²) >= 11 is 0. The summed E-state index contributed by atoms with van der Waals surface area (Å²) in [5.74, 6) is -0.493. The number of nitrogens with zero attached hydrogens (tertiary/aromatic N) is 3. The molecule has 0 unspecified atom stereocenters. The molecule has 1 aliphatic rings. The average Bonchev–Trinajstić information content (AvgIpc) is 2.69. The molecule has 0 bridgehead atoms. The lowest BCUT2D eigenvalue weighted by Crippen LogP contribution is -2.49. The molecule has 0 N–H and O–H groups in total. The molecule has 8 heteroatoms. The van der Waals surface area contributed by atoms with Crippen LogP contribution in [0.5, 0.6) is 0 Å². The molecule has 8 nitrogen and oxygen atoms in total. The van der Waals surface area contributed by atoms with E-state index in [0.29, 0.717) is 44.7 Å². The number of aromatic nitrogens is 1. The largest absolute Gasteiger partial charge is 0.466 e. The number of hydrogen-bond acceptors (Lipinski definition) is 6. The summed E-state index contributed by atoms with van der Waals surface area (Å²) in [4.78, 5) is 44.0. The van der Waals surface area contributed by atoms with Gasteiger partial charge in [0, 0.05) is 38.1 Å². The summed E-state index contributed by atoms with van der Waals surface area (Å²) in [5.41, 5.74) is 0.481. The number of carbonyl (C=O) groups excluding carboxylic acids is 3. The minimum Gasteiger partial charge on any atom is -0.466 e. The van der Waals surface area contributed by atoms with Crippen molar-refractivity contribution in [1.82, 2.24) is 14.8 Å². The third kappa shape index (κ3) is 5.94. The number of ether oxygens (including phenoxy) is 2. The molecule has 0 saturated carbocycles. The fraction of sp³-hybridized carbons (Fsp3) is 0.579. The van der Waals surface area contributed by atoms with Gasteiger partial charge < -0.3 is 19.3 Å². The van der Waals surface area contributed by atoms with Crippen molar-refractivity contribution in [2.75, 3.05) is 32.8 Å². The Balaban J connectivity index is 2.05. The van der Waals surface area contributed by atoms with Gasteiger partial charge in [-0.15, -0.1) is 0 Å². The molecule has 148 valence electrons. The first-order chi connectivity index (χ1) is 13.1. The maximum Gasteiger partial charge on any atom is 0.409 e. The topological polar surface area (TPSA) is 89.0 Å². The first-order valence-electron chi connectivity index (χ1n) is 9.35. The van der Waals surface area contributed by atoms with Crippen LogP contribution in [0.2, 0.25) is 0 Å². The van der Waals surface area contributed by atoms with E-state index in [-0.39, 0.29) is 37.0 Å². The van der Waals surface area contributed by atoms with E-state index in [9.17, 15) is 14.4 Å². The van der Waals surface area contributed by atoms with Crippen molar-refractivity contribution in [2.24, 2.45) is 0 Å². The summed E-state index contributed by atoms with van der Waals surface area (Å²) in [6, 6.07) is 3.36. The molecule has 0 aromatic carbocycles. The molecular formula is C19H27N3O5. The first kappa shape index (κ1) is 20.7. The Morgan fingerprint density at radius 1 is 1.19 bits per heavy atom. The molecule has 2 heterocycles. The molecule has 0 spiro atoms. The molecule has 1 saturated heterocycles. The van der Waals surface area contributed by atoms with Crippen molar-refractivity contribution in [3.63, 3.8) is 0 Å². The standard InChI is InChI=1S/C19H27N3O5/c1-3-26-17(23)9-13-22(18(24)15-6-5-10-20-14-15)16-7-11-21(12-8-16)19(25)27-4-2/h5-6,10,14,16H,3-4,7-9,11-13H2,1-2H3. The van der Waals surface area contributed by atoms with Gasteiger partial charge in [0.1, 0.15) is 0 Å². The SMILES string of the molecule is CCOC(=O)CCN(C(=O)c1cccnc1)C1CCN(C(=O)OCC)CC1. The van der Waals surface area contributed by atoms with E-state index in [1.807, 2.05) is 0 Å². The van der Waals surface area contributed by atoms with Crippen molar-refractivity contribution in [3.05, 3.63) is 30.1 Å². The summed E-state index contributed by atoms with van der Waals surface area (Å²) < 4.78 is 10.0. The number of hydrogen-bond donors (Lipinski definition) is 0. The van der Waals surface area contributed by atoms with Crippen LogP contribution in [-0.4, -0.2) is 71.6 Å². The second-order valence-electron chi connectivity index (χ2n) is 6.21. The van der Waals surface area contributed by atoms with Crippen LogP contribution < -0.4 is 0 Å². The van der Waals surface area contributed by atoms with E-state index in [4.69, 9.17) is 9.47 Å². The molecule has 1 aliphatic heterocycles. The smallest absolute Gasteiger partial charge is 0.409 e. The number of piperidine rings is 1. The second-order valence-corrected chi connectivity index (χ2v) is 6.21. The summed E-state index contributed by atoms with van der Waals surface area (Å²) in [6.07, 6.45) is 4.21. The molecule has 27 heavy (non-hydrogen) atoms. The van der Waals surface area contributed by atoms with Gasteiger partial charge in [0.2, 0.25) is 0 Å². The van der Waals surface area contributed by atoms with Gasteiger partial charge in [0.05, 0.1) is 25.2 Å². The van der Waals surface area contributed by atoms with Crippen LogP contribution in [0.25, 0.3) is 0 Å². The first-order valence-corrected chi connectivity index (χ1v) is 9.35. The minimum absolute atomic E-state index is 0.0576. The van der Waals surface area contributed by atoms with E-state index < -0.39 is 0 Å². The Kier molecular flexibility index (Phi) is 8.03. The van der Waals surface area contributed by atoms with Gasteiger partial charge in [-0.05, 0) is 38.8 Å². The molecule has 1 fully saturated rings. The number of esters is 1. The van der Waals surface area contributed by atoms with Gasteiger partial charge in [-0.2, -0.15) is 0 Å². The number of likely N-dealkylation sites (tertiary alicyclic amines) is 1. The zero-order valence-electron chi connectivity index (χ0n) is 15.9. The molecule has 1 aromatic heterocycles. The fourth-order valence-electron chi connectivity index (χ4n) is 3.12. The lowest BCUT2D eigenvalue weighted by Gasteiger charge is -2.38. The van der Waals surface area contributed by atoms with Gasteiger partial charge >= 0.3 is 12.1 Å². The summed E-state index contributed by atoms with van der Waals surface area (Å²) in [7, 11) is 0. The maximum atomic E-state index is 13.0. The maximum absolute atomic E-state index is 13.0. The van der Waals surface area contributed by atoms with Crippen molar-refractivity contribution < 1.29 is 23.9 Å². The van der Waals surface area contributed by atoms with E-state index in [0.717, 1.165) is 0 Å². The summed E-state index contributed by atoms with van der Waals surface area (Å²) in [5, 5.41) is 0. The highest BCUT2D eigenvalue weighted by atomic mass is 16.6. The van der Waals surface area contributed by atoms with E-state index >= 15 is 0 Å². The van der Waals surface area contributed by atoms with Gasteiger partial charge in [0.25, 0.3) is 5.91 Å². The lowest BCUT2D eigenvalue weighted by atomic mass is 10.0. The van der Waals surface area contributed by atoms with Crippen LogP contribution in [0.15, 0.2) is 24.5 Å². The average molecular weight is 377 g/mol. The third-order valence-corrected chi connectivity index (χ3v) is 4.46. The monoisotopic (exact) mass is 377 g/mol. The molecule has 2 amide bonds. The van der Waals surface area contributed by atoms with Crippen LogP contribution in [0.3, 0.4) is 0 Å². The predicted octanol–water partition coefficient (Wildman–Crippen LogP) is 2.10. The molecule has 0 aliphatic carbocycles. The number of amides is 2. The second kappa shape index (κ2) is 10.5. The minimum atomic E-state index is -0.328. The molecular weight excluding hydrogens is 350 g/mol. The third-order valence-electron chi connectivity index (χ3n) is 4.46. The molecule has 2 rings (SSSR count). The highest BCUT2D eigenvalue weighted by Gasteiger charge is 2.31. The quantitative estimate of drug-likeness (QED) is 0.676. The van der Waals surface area contributed by atoms with Crippen LogP contribution >= 0.6 is 0 Å². The molecule has 0 radical (unpaired) electrons. The van der Waals surface area contributed by atoms with Gasteiger partial charge in [-0.3, -0.25) is 14.6 Å². The molecule has 1 aromatic rings. The predicted molar refractivity (Wildman–Crippen MR) is 98.1 cm³/mol. The normalized spacial score (nSPS) is 14.5. The Morgan fingerprint density at radius 2 is 1.89 bits per heavy atom. The van der Waals surface area contributed by atoms with Crippen LogP contribution in [0.1, 0.15) is 43.5 Å². The van der Waals surface area contributed by atoms with Crippen LogP contribution in [0.4, 0.5) is 4.79 Å². The van der Waals surface area contributed by atoms with Gasteiger partial charge in [0.15, 0.2) is 0 Å². The van der Waals surface area contributed by atoms with E-state index in [2.05, 4.69) is 4.98 Å². The van der Waals surface area contributed by atoms with Gasteiger partial charge in [-0.25, -0.2) is 4.79 Å². The number of rotatable bonds is 7. The Hall–Kier alpha value is -2.64. The van der Waals surface area contributed by atoms with Crippen molar-refractivity contribution >= 4 is 18.0 Å². The zero-order chi connectivity index (χ0) is 19.6. The van der Waals surface area contributed by atoms with Crippen molar-refractivity contribution in [2.45, 2.75) is 39.2 Å².